The predicted octanol–water partition coefficient (Wildman–Crippen LogP) is -0.778. The Morgan fingerprint density at radius 2 is 2.11 bits per heavy atom. The van der Waals surface area contributed by atoms with Crippen molar-refractivity contribution >= 4 is 11.8 Å². The summed E-state index contributed by atoms with van der Waals surface area (Å²) in [7, 11) is 0. The van der Waals surface area contributed by atoms with E-state index in [1.807, 2.05) is 12.1 Å². The minimum atomic E-state index is -0.307. The molecule has 0 unspecified atom stereocenters. The Bertz CT molecular complexity index is 444. The summed E-state index contributed by atoms with van der Waals surface area (Å²) in [5.74, 6) is 4.80. The van der Waals surface area contributed by atoms with Gasteiger partial charge in [-0.15, -0.1) is 0 Å². The van der Waals surface area contributed by atoms with Gasteiger partial charge in [-0.05, 0) is 17.7 Å². The van der Waals surface area contributed by atoms with Crippen molar-refractivity contribution in [3.05, 3.63) is 35.4 Å². The summed E-state index contributed by atoms with van der Waals surface area (Å²) < 4.78 is 0. The molecule has 0 spiro atoms. The van der Waals surface area contributed by atoms with Gasteiger partial charge < -0.3 is 5.32 Å². The van der Waals surface area contributed by atoms with Crippen LogP contribution in [0.1, 0.15) is 15.9 Å². The fourth-order valence-corrected chi connectivity index (χ4v) is 1.93. The lowest BCUT2D eigenvalue weighted by Crippen LogP contribution is -2.47. The van der Waals surface area contributed by atoms with Crippen LogP contribution in [-0.4, -0.2) is 36.3 Å². The maximum atomic E-state index is 11.3. The van der Waals surface area contributed by atoms with E-state index < -0.39 is 0 Å². The second-order valence-electron chi connectivity index (χ2n) is 4.23. The van der Waals surface area contributed by atoms with Gasteiger partial charge in [-0.1, -0.05) is 12.1 Å². The van der Waals surface area contributed by atoms with Crippen LogP contribution in [0.15, 0.2) is 24.3 Å². The van der Waals surface area contributed by atoms with E-state index in [1.165, 1.54) is 0 Å². The summed E-state index contributed by atoms with van der Waals surface area (Å²) in [5, 5.41) is 2.78. The van der Waals surface area contributed by atoms with Crippen molar-refractivity contribution in [3.63, 3.8) is 0 Å². The number of rotatable bonds is 3. The number of benzene rings is 1. The first-order valence-corrected chi connectivity index (χ1v) is 5.78. The molecule has 0 aliphatic carbocycles. The van der Waals surface area contributed by atoms with Gasteiger partial charge in [0.25, 0.3) is 5.91 Å². The minimum absolute atomic E-state index is 0.0559. The molecule has 1 aromatic carbocycles. The topological polar surface area (TPSA) is 87.5 Å². The van der Waals surface area contributed by atoms with Crippen LogP contribution in [-0.2, 0) is 11.3 Å². The second-order valence-corrected chi connectivity index (χ2v) is 4.23. The first-order chi connectivity index (χ1) is 8.69. The number of nitrogens with two attached hydrogens (primary N) is 1. The lowest BCUT2D eigenvalue weighted by atomic mass is 10.1. The normalized spacial score (nSPS) is 16.2. The van der Waals surface area contributed by atoms with Gasteiger partial charge in [0.15, 0.2) is 0 Å². The number of nitrogens with zero attached hydrogens (tertiary/aromatic N) is 1. The molecule has 1 aromatic rings. The molecule has 2 amide bonds. The molecule has 1 saturated heterocycles. The molecular weight excluding hydrogens is 232 g/mol. The standard InChI is InChI=1S/C12H16N4O2/c13-15-12(18)10-3-1-9(2-4-10)7-16-6-5-14-11(17)8-16/h1-4H,5-8,13H2,(H,14,17)(H,15,18). The van der Waals surface area contributed by atoms with E-state index in [0.717, 1.165) is 12.1 Å². The van der Waals surface area contributed by atoms with E-state index in [9.17, 15) is 9.59 Å². The minimum Gasteiger partial charge on any atom is -0.354 e. The summed E-state index contributed by atoms with van der Waals surface area (Å²) in [5.41, 5.74) is 3.68. The number of nitrogens with one attached hydrogen (secondary N) is 2. The SMILES string of the molecule is NNC(=O)c1ccc(CN2CCNC(=O)C2)cc1. The van der Waals surface area contributed by atoms with Crippen molar-refractivity contribution < 1.29 is 9.59 Å². The largest absolute Gasteiger partial charge is 0.354 e. The molecule has 6 nitrogen and oxygen atoms in total. The highest BCUT2D eigenvalue weighted by Crippen LogP contribution is 2.08. The zero-order valence-corrected chi connectivity index (χ0v) is 9.98. The van der Waals surface area contributed by atoms with Crippen LogP contribution in [0.25, 0.3) is 0 Å². The third kappa shape index (κ3) is 3.06. The van der Waals surface area contributed by atoms with Gasteiger partial charge in [0.1, 0.15) is 0 Å². The van der Waals surface area contributed by atoms with Crippen molar-refractivity contribution in [2.45, 2.75) is 6.54 Å². The molecule has 1 heterocycles. The zero-order valence-electron chi connectivity index (χ0n) is 9.98. The van der Waals surface area contributed by atoms with E-state index >= 15 is 0 Å². The van der Waals surface area contributed by atoms with Crippen LogP contribution in [0.2, 0.25) is 0 Å². The van der Waals surface area contributed by atoms with Crippen molar-refractivity contribution in [1.82, 2.24) is 15.6 Å². The lowest BCUT2D eigenvalue weighted by Gasteiger charge is -2.26. The van der Waals surface area contributed by atoms with Crippen molar-refractivity contribution in [2.24, 2.45) is 5.84 Å². The van der Waals surface area contributed by atoms with Gasteiger partial charge in [0.05, 0.1) is 6.54 Å². The number of hydrazine groups is 1. The molecule has 0 atom stereocenters. The van der Waals surface area contributed by atoms with Gasteiger partial charge in [-0.25, -0.2) is 5.84 Å². The Morgan fingerprint density at radius 1 is 1.39 bits per heavy atom. The highest BCUT2D eigenvalue weighted by atomic mass is 16.2. The molecule has 0 radical (unpaired) electrons. The summed E-state index contributed by atoms with van der Waals surface area (Å²) >= 11 is 0. The molecule has 18 heavy (non-hydrogen) atoms. The third-order valence-corrected chi connectivity index (χ3v) is 2.87. The molecule has 96 valence electrons. The maximum Gasteiger partial charge on any atom is 0.265 e. The van der Waals surface area contributed by atoms with Crippen molar-refractivity contribution in [1.29, 1.82) is 0 Å². The van der Waals surface area contributed by atoms with E-state index in [-0.39, 0.29) is 11.8 Å². The molecule has 0 aromatic heterocycles. The Kier molecular flexibility index (Phi) is 3.91. The molecule has 1 fully saturated rings. The maximum absolute atomic E-state index is 11.3. The van der Waals surface area contributed by atoms with E-state index in [0.29, 0.717) is 25.2 Å². The van der Waals surface area contributed by atoms with Crippen LogP contribution in [0.3, 0.4) is 0 Å². The quantitative estimate of drug-likeness (QED) is 0.372. The van der Waals surface area contributed by atoms with Crippen LogP contribution in [0.5, 0.6) is 0 Å². The molecular formula is C12H16N4O2. The first kappa shape index (κ1) is 12.5. The fourth-order valence-electron chi connectivity index (χ4n) is 1.93. The fraction of sp³-hybridized carbons (Fsp3) is 0.333. The van der Waals surface area contributed by atoms with Gasteiger partial charge in [0.2, 0.25) is 5.91 Å². The Balaban J connectivity index is 1.97. The predicted molar refractivity (Wildman–Crippen MR) is 66.4 cm³/mol. The summed E-state index contributed by atoms with van der Waals surface area (Å²) in [6, 6.07) is 7.19. The third-order valence-electron chi connectivity index (χ3n) is 2.87. The van der Waals surface area contributed by atoms with E-state index in [4.69, 9.17) is 5.84 Å². The number of piperazine rings is 1. The Hall–Kier alpha value is -1.92. The molecule has 0 saturated carbocycles. The number of hydrogen-bond donors (Lipinski definition) is 3. The molecule has 2 rings (SSSR count). The van der Waals surface area contributed by atoms with E-state index in [2.05, 4.69) is 15.6 Å². The van der Waals surface area contributed by atoms with Crippen molar-refractivity contribution in [2.75, 3.05) is 19.6 Å². The Labute approximate surface area is 105 Å². The molecule has 6 heteroatoms. The monoisotopic (exact) mass is 248 g/mol. The number of hydrogen-bond acceptors (Lipinski definition) is 4. The molecule has 0 bridgehead atoms. The van der Waals surface area contributed by atoms with Crippen LogP contribution in [0.4, 0.5) is 0 Å². The highest BCUT2D eigenvalue weighted by Gasteiger charge is 2.15. The average Bonchev–Trinajstić information content (AvgIpc) is 2.39. The number of carbonyl (C=O) groups is 2. The van der Waals surface area contributed by atoms with Gasteiger partial charge in [0, 0.05) is 25.2 Å². The van der Waals surface area contributed by atoms with Crippen LogP contribution < -0.4 is 16.6 Å². The summed E-state index contributed by atoms with van der Waals surface area (Å²) in [6.07, 6.45) is 0. The van der Waals surface area contributed by atoms with E-state index in [1.54, 1.807) is 12.1 Å². The van der Waals surface area contributed by atoms with Gasteiger partial charge in [-0.3, -0.25) is 19.9 Å². The van der Waals surface area contributed by atoms with Crippen molar-refractivity contribution in [3.8, 4) is 0 Å². The number of amides is 2. The summed E-state index contributed by atoms with van der Waals surface area (Å²) in [6.45, 7) is 2.66. The van der Waals surface area contributed by atoms with Gasteiger partial charge >= 0.3 is 0 Å². The van der Waals surface area contributed by atoms with Crippen LogP contribution in [0, 0.1) is 0 Å². The first-order valence-electron chi connectivity index (χ1n) is 5.78. The highest BCUT2D eigenvalue weighted by molar-refractivity contribution is 5.93. The lowest BCUT2D eigenvalue weighted by molar-refractivity contribution is -0.124. The number of nitrogen functional groups attached to an aromatic ring is 1. The number of carbonyl (C=O) groups excluding carboxylic acids is 2. The molecule has 1 aliphatic heterocycles. The van der Waals surface area contributed by atoms with Gasteiger partial charge in [-0.2, -0.15) is 0 Å². The smallest absolute Gasteiger partial charge is 0.265 e. The van der Waals surface area contributed by atoms with Crippen LogP contribution >= 0.6 is 0 Å². The second kappa shape index (κ2) is 5.61. The summed E-state index contributed by atoms with van der Waals surface area (Å²) in [4.78, 5) is 24.6. The zero-order chi connectivity index (χ0) is 13.0. The Morgan fingerprint density at radius 3 is 2.72 bits per heavy atom. The molecule has 4 N–H and O–H groups in total. The molecule has 1 aliphatic rings. The average molecular weight is 248 g/mol.